The summed E-state index contributed by atoms with van der Waals surface area (Å²) in [4.78, 5) is 20.2. The normalized spacial score (nSPS) is 8.10. The molecule has 0 saturated carbocycles. The number of rotatable bonds is 4. The second kappa shape index (κ2) is 6.51. The smallest absolute Gasteiger partial charge is 0.303 e. The van der Waals surface area contributed by atoms with E-state index in [-0.39, 0.29) is 37.6 Å². The topological polar surface area (TPSA) is 80.4 Å². The molecule has 0 radical (unpaired) electrons. The summed E-state index contributed by atoms with van der Waals surface area (Å²) in [6, 6.07) is 0. The van der Waals surface area contributed by atoms with Crippen molar-refractivity contribution in [3.63, 3.8) is 0 Å². The minimum absolute atomic E-state index is 0. The Hall–Kier alpha value is -0.610. The van der Waals surface area contributed by atoms with Crippen LogP contribution in [0.1, 0.15) is 12.8 Å². The number of halogens is 1. The van der Waals surface area contributed by atoms with Crippen LogP contribution in [-0.2, 0) is 9.59 Å². The minimum atomic E-state index is -0.961. The first kappa shape index (κ1) is 12.1. The molecule has 0 aromatic carbocycles. The Labute approximate surface area is 64.8 Å². The third kappa shape index (κ3) is 7.39. The van der Waals surface area contributed by atoms with E-state index in [4.69, 9.17) is 10.8 Å². The van der Waals surface area contributed by atoms with Gasteiger partial charge in [-0.1, -0.05) is 0 Å². The number of hydrogen-bond donors (Lipinski definition) is 2. The molecule has 3 N–H and O–H groups in total. The summed E-state index contributed by atoms with van der Waals surface area (Å²) in [5.41, 5.74) is 4.92. The molecule has 0 aliphatic heterocycles. The second-order valence-corrected chi connectivity index (χ2v) is 1.64. The van der Waals surface area contributed by atoms with Crippen molar-refractivity contribution in [1.29, 1.82) is 0 Å². The molecular formula is C5H10ClNO3. The molecule has 0 amide bonds. The maximum Gasteiger partial charge on any atom is 0.303 e. The van der Waals surface area contributed by atoms with Crippen molar-refractivity contribution < 1.29 is 14.7 Å². The van der Waals surface area contributed by atoms with Gasteiger partial charge in [-0.15, -0.1) is 12.4 Å². The highest BCUT2D eigenvalue weighted by Crippen LogP contribution is 1.87. The quantitative estimate of drug-likeness (QED) is 0.452. The summed E-state index contributed by atoms with van der Waals surface area (Å²) in [6.45, 7) is -0.0622. The zero-order valence-electron chi connectivity index (χ0n) is 5.37. The van der Waals surface area contributed by atoms with Crippen molar-refractivity contribution in [3.8, 4) is 0 Å². The molecule has 0 aliphatic carbocycles. The molecule has 0 fully saturated rings. The van der Waals surface area contributed by atoms with Crippen molar-refractivity contribution in [2.24, 2.45) is 5.73 Å². The van der Waals surface area contributed by atoms with E-state index in [9.17, 15) is 9.59 Å². The molecule has 0 rings (SSSR count). The van der Waals surface area contributed by atoms with Crippen LogP contribution in [-0.4, -0.2) is 23.4 Å². The van der Waals surface area contributed by atoms with Crippen LogP contribution in [0.2, 0.25) is 0 Å². The van der Waals surface area contributed by atoms with E-state index in [0.29, 0.717) is 0 Å². The fourth-order valence-corrected chi connectivity index (χ4v) is 0.348. The molecule has 0 aromatic heterocycles. The molecular weight excluding hydrogens is 160 g/mol. The highest BCUT2D eigenvalue weighted by molar-refractivity contribution is 5.85. The molecule has 60 valence electrons. The van der Waals surface area contributed by atoms with E-state index in [1.807, 2.05) is 0 Å². The van der Waals surface area contributed by atoms with Gasteiger partial charge in [-0.25, -0.2) is 0 Å². The van der Waals surface area contributed by atoms with E-state index in [0.717, 1.165) is 0 Å². The monoisotopic (exact) mass is 170 g/mol. The second-order valence-electron chi connectivity index (χ2n) is 1.64. The lowest BCUT2D eigenvalue weighted by molar-refractivity contribution is -0.138. The van der Waals surface area contributed by atoms with Gasteiger partial charge in [0, 0.05) is 6.42 Å². The predicted molar refractivity (Wildman–Crippen MR) is 38.2 cm³/mol. The molecule has 0 aromatic rings. The number of carboxylic acids is 1. The van der Waals surface area contributed by atoms with Gasteiger partial charge in [-0.3, -0.25) is 9.59 Å². The highest BCUT2D eigenvalue weighted by atomic mass is 35.5. The molecule has 5 heteroatoms. The average Bonchev–Trinajstić information content (AvgIpc) is 1.83. The lowest BCUT2D eigenvalue weighted by atomic mass is 10.4. The van der Waals surface area contributed by atoms with Gasteiger partial charge in [-0.2, -0.15) is 0 Å². The molecule has 0 spiro atoms. The number of nitrogens with two attached hydrogens (primary N) is 1. The number of carbonyl (C=O) groups excluding carboxylic acids is 1. The number of ketones is 1. The van der Waals surface area contributed by atoms with E-state index in [1.54, 1.807) is 0 Å². The van der Waals surface area contributed by atoms with Gasteiger partial charge in [0.05, 0.1) is 13.0 Å². The Morgan fingerprint density at radius 2 is 1.80 bits per heavy atom. The number of aliphatic carboxylic acids is 1. The van der Waals surface area contributed by atoms with Crippen LogP contribution in [0.15, 0.2) is 0 Å². The number of carbonyl (C=O) groups is 2. The molecule has 0 aliphatic rings. The van der Waals surface area contributed by atoms with Gasteiger partial charge < -0.3 is 10.8 Å². The Balaban J connectivity index is 0. The van der Waals surface area contributed by atoms with Crippen LogP contribution >= 0.6 is 12.4 Å². The van der Waals surface area contributed by atoms with Gasteiger partial charge >= 0.3 is 5.97 Å². The summed E-state index contributed by atoms with van der Waals surface area (Å²) in [6.07, 6.45) is -0.0676. The molecule has 0 bridgehead atoms. The van der Waals surface area contributed by atoms with Crippen LogP contribution in [0, 0.1) is 0 Å². The molecule has 4 nitrogen and oxygen atoms in total. The van der Waals surface area contributed by atoms with Gasteiger partial charge in [0.2, 0.25) is 0 Å². The van der Waals surface area contributed by atoms with Crippen molar-refractivity contribution >= 4 is 24.2 Å². The van der Waals surface area contributed by atoms with Crippen molar-refractivity contribution in [2.45, 2.75) is 12.8 Å². The summed E-state index contributed by atoms with van der Waals surface area (Å²) in [7, 11) is 0. The van der Waals surface area contributed by atoms with Crippen LogP contribution in [0.25, 0.3) is 0 Å². The van der Waals surface area contributed by atoms with E-state index in [2.05, 4.69) is 0 Å². The summed E-state index contributed by atoms with van der Waals surface area (Å²) < 4.78 is 0. The van der Waals surface area contributed by atoms with Gasteiger partial charge in [0.1, 0.15) is 5.78 Å². The average molecular weight is 171 g/mol. The maximum atomic E-state index is 10.3. The lowest BCUT2D eigenvalue weighted by Gasteiger charge is -1.90. The Morgan fingerprint density at radius 3 is 2.10 bits per heavy atom. The third-order valence-corrected chi connectivity index (χ3v) is 0.845. The van der Waals surface area contributed by atoms with Crippen molar-refractivity contribution in [3.05, 3.63) is 0 Å². The Bertz CT molecular complexity index is 126. The Morgan fingerprint density at radius 1 is 1.30 bits per heavy atom. The Kier molecular flexibility index (Phi) is 7.88. The molecule has 0 unspecified atom stereocenters. The predicted octanol–water partition coefficient (Wildman–Crippen LogP) is -0.199. The molecule has 10 heavy (non-hydrogen) atoms. The first-order chi connectivity index (χ1) is 4.16. The summed E-state index contributed by atoms with van der Waals surface area (Å²) >= 11 is 0. The number of hydrogen-bond acceptors (Lipinski definition) is 3. The number of Topliss-reactive ketones (excluding diaryl/α,β-unsaturated/α-hetero) is 1. The van der Waals surface area contributed by atoms with Gasteiger partial charge in [0.25, 0.3) is 0 Å². The highest BCUT2D eigenvalue weighted by Gasteiger charge is 2.01. The lowest BCUT2D eigenvalue weighted by Crippen LogP contribution is -2.14. The minimum Gasteiger partial charge on any atom is -0.481 e. The first-order valence-electron chi connectivity index (χ1n) is 2.60. The van der Waals surface area contributed by atoms with Crippen molar-refractivity contribution in [1.82, 2.24) is 0 Å². The number of carboxylic acid groups (broad SMARTS) is 1. The largest absolute Gasteiger partial charge is 0.481 e. The SMILES string of the molecule is Cl.[15NH2][13CH2][13C](=O)CCC(=O)O. The fraction of sp³-hybridized carbons (Fsp3) is 0.600. The van der Waals surface area contributed by atoms with Crippen LogP contribution in [0.5, 0.6) is 0 Å². The zero-order valence-corrected chi connectivity index (χ0v) is 6.19. The van der Waals surface area contributed by atoms with Gasteiger partial charge in [-0.05, 0) is 0 Å². The van der Waals surface area contributed by atoms with E-state index in [1.165, 1.54) is 0 Å². The standard InChI is InChI=1S/C5H9NO3.ClH/c6-3-4(7)1-2-5(8)9;/h1-3,6H2,(H,8,9);1H/i3+1,4+1,6+1;. The zero-order chi connectivity index (χ0) is 7.28. The van der Waals surface area contributed by atoms with Crippen molar-refractivity contribution in [2.75, 3.05) is 6.54 Å². The maximum absolute atomic E-state index is 10.3. The van der Waals surface area contributed by atoms with Crippen LogP contribution in [0.4, 0.5) is 0 Å². The fourth-order valence-electron chi connectivity index (χ4n) is 0.348. The summed E-state index contributed by atoms with van der Waals surface area (Å²) in [5.74, 6) is -1.17. The summed E-state index contributed by atoms with van der Waals surface area (Å²) in [5, 5.41) is 8.06. The third-order valence-electron chi connectivity index (χ3n) is 0.845. The van der Waals surface area contributed by atoms with E-state index >= 15 is 0 Å². The molecule has 0 heterocycles. The van der Waals surface area contributed by atoms with Crippen LogP contribution < -0.4 is 5.73 Å². The van der Waals surface area contributed by atoms with Crippen LogP contribution in [0.3, 0.4) is 0 Å². The van der Waals surface area contributed by atoms with Gasteiger partial charge in [0.15, 0.2) is 0 Å². The van der Waals surface area contributed by atoms with E-state index < -0.39 is 5.97 Å². The first-order valence-corrected chi connectivity index (χ1v) is 2.60. The molecule has 0 atom stereocenters. The molecule has 0 saturated heterocycles.